The minimum atomic E-state index is 0.284. The molecule has 2 aromatic carbocycles. The summed E-state index contributed by atoms with van der Waals surface area (Å²) in [4.78, 5) is 0. The van der Waals surface area contributed by atoms with Crippen LogP contribution in [0.1, 0.15) is 31.0 Å². The summed E-state index contributed by atoms with van der Waals surface area (Å²) >= 11 is 5.95. The highest BCUT2D eigenvalue weighted by molar-refractivity contribution is 6.30. The quantitative estimate of drug-likeness (QED) is 0.800. The lowest BCUT2D eigenvalue weighted by molar-refractivity contribution is 0.411. The number of anilines is 1. The molecular weight excluding hydrogens is 268 g/mol. The van der Waals surface area contributed by atoms with Crippen LogP contribution in [0.2, 0.25) is 5.02 Å². The van der Waals surface area contributed by atoms with Crippen LogP contribution in [-0.4, -0.2) is 0 Å². The summed E-state index contributed by atoms with van der Waals surface area (Å²) in [5.74, 6) is 0.487. The Morgan fingerprint density at radius 3 is 2.30 bits per heavy atom. The fraction of sp³-hybridized carbons (Fsp3) is 0.294. The lowest BCUT2D eigenvalue weighted by atomic mass is 9.95. The molecule has 0 aromatic heterocycles. The van der Waals surface area contributed by atoms with E-state index in [0.29, 0.717) is 5.92 Å². The van der Waals surface area contributed by atoms with E-state index in [4.69, 9.17) is 17.3 Å². The third-order valence-electron chi connectivity index (χ3n) is 3.46. The summed E-state index contributed by atoms with van der Waals surface area (Å²) in [6, 6.07) is 16.3. The van der Waals surface area contributed by atoms with Crippen LogP contribution >= 0.6 is 11.6 Å². The monoisotopic (exact) mass is 288 g/mol. The molecule has 106 valence electrons. The Morgan fingerprint density at radius 1 is 1.05 bits per heavy atom. The van der Waals surface area contributed by atoms with Gasteiger partial charge in [0, 0.05) is 23.3 Å². The molecule has 0 aliphatic carbocycles. The zero-order valence-corrected chi connectivity index (χ0v) is 12.7. The van der Waals surface area contributed by atoms with Gasteiger partial charge in [-0.15, -0.1) is 0 Å². The molecule has 0 saturated heterocycles. The SMILES string of the molecule is CC(C)C(NCc1ccccc1N)c1ccc(Cl)cc1. The van der Waals surface area contributed by atoms with Crippen LogP contribution in [0.25, 0.3) is 0 Å². The van der Waals surface area contributed by atoms with Crippen molar-refractivity contribution in [1.82, 2.24) is 5.32 Å². The van der Waals surface area contributed by atoms with Gasteiger partial charge in [0.25, 0.3) is 0 Å². The molecule has 3 N–H and O–H groups in total. The number of para-hydroxylation sites is 1. The second-order valence-electron chi connectivity index (χ2n) is 5.35. The summed E-state index contributed by atoms with van der Waals surface area (Å²) in [7, 11) is 0. The Balaban J connectivity index is 2.11. The smallest absolute Gasteiger partial charge is 0.0406 e. The van der Waals surface area contributed by atoms with Crippen LogP contribution in [0, 0.1) is 5.92 Å². The summed E-state index contributed by atoms with van der Waals surface area (Å²) < 4.78 is 0. The molecule has 0 saturated carbocycles. The van der Waals surface area contributed by atoms with Crippen LogP contribution in [0.5, 0.6) is 0 Å². The van der Waals surface area contributed by atoms with Gasteiger partial charge in [-0.2, -0.15) is 0 Å². The van der Waals surface area contributed by atoms with Gasteiger partial charge in [0.2, 0.25) is 0 Å². The highest BCUT2D eigenvalue weighted by Gasteiger charge is 2.15. The molecule has 2 nitrogen and oxygen atoms in total. The summed E-state index contributed by atoms with van der Waals surface area (Å²) in [5.41, 5.74) is 9.20. The molecule has 0 aliphatic rings. The number of nitrogens with one attached hydrogen (secondary N) is 1. The predicted molar refractivity (Wildman–Crippen MR) is 86.7 cm³/mol. The van der Waals surface area contributed by atoms with Crippen LogP contribution in [0.15, 0.2) is 48.5 Å². The standard InChI is InChI=1S/C17H21ClN2/c1-12(2)17(13-7-9-15(18)10-8-13)20-11-14-5-3-4-6-16(14)19/h3-10,12,17,20H,11,19H2,1-2H3. The van der Waals surface area contributed by atoms with Crippen molar-refractivity contribution in [2.75, 3.05) is 5.73 Å². The number of nitrogens with two attached hydrogens (primary N) is 1. The van der Waals surface area contributed by atoms with E-state index in [1.807, 2.05) is 30.3 Å². The summed E-state index contributed by atoms with van der Waals surface area (Å²) in [6.07, 6.45) is 0. The van der Waals surface area contributed by atoms with E-state index in [0.717, 1.165) is 22.8 Å². The molecular formula is C17H21ClN2. The fourth-order valence-electron chi connectivity index (χ4n) is 2.32. The maximum atomic E-state index is 5.98. The van der Waals surface area contributed by atoms with Crippen molar-refractivity contribution < 1.29 is 0 Å². The fourth-order valence-corrected chi connectivity index (χ4v) is 2.45. The molecule has 0 fully saturated rings. The second kappa shape index (κ2) is 6.78. The van der Waals surface area contributed by atoms with Crippen molar-refractivity contribution in [3.8, 4) is 0 Å². The first kappa shape index (κ1) is 14.9. The number of halogens is 1. The van der Waals surface area contributed by atoms with Gasteiger partial charge in [-0.05, 0) is 35.2 Å². The van der Waals surface area contributed by atoms with E-state index in [-0.39, 0.29) is 6.04 Å². The highest BCUT2D eigenvalue weighted by atomic mass is 35.5. The second-order valence-corrected chi connectivity index (χ2v) is 5.79. The first-order valence-electron chi connectivity index (χ1n) is 6.90. The van der Waals surface area contributed by atoms with Gasteiger partial charge >= 0.3 is 0 Å². The molecule has 0 heterocycles. The van der Waals surface area contributed by atoms with Crippen molar-refractivity contribution in [3.63, 3.8) is 0 Å². The Kier molecular flexibility index (Phi) is 5.05. The van der Waals surface area contributed by atoms with E-state index in [2.05, 4.69) is 37.4 Å². The van der Waals surface area contributed by atoms with E-state index in [1.165, 1.54) is 5.56 Å². The van der Waals surface area contributed by atoms with Crippen molar-refractivity contribution in [3.05, 3.63) is 64.7 Å². The van der Waals surface area contributed by atoms with E-state index in [9.17, 15) is 0 Å². The molecule has 0 amide bonds. The molecule has 0 aliphatic heterocycles. The van der Waals surface area contributed by atoms with Gasteiger partial charge in [-0.3, -0.25) is 0 Å². The largest absolute Gasteiger partial charge is 0.398 e. The molecule has 2 rings (SSSR count). The first-order valence-corrected chi connectivity index (χ1v) is 7.28. The zero-order valence-electron chi connectivity index (χ0n) is 11.9. The van der Waals surface area contributed by atoms with Gasteiger partial charge < -0.3 is 11.1 Å². The van der Waals surface area contributed by atoms with Gasteiger partial charge in [-0.25, -0.2) is 0 Å². The van der Waals surface area contributed by atoms with Crippen LogP contribution in [0.3, 0.4) is 0 Å². The Labute approximate surface area is 126 Å². The maximum Gasteiger partial charge on any atom is 0.0406 e. The molecule has 1 atom stereocenters. The van der Waals surface area contributed by atoms with Crippen molar-refractivity contribution in [2.45, 2.75) is 26.4 Å². The normalized spacial score (nSPS) is 12.6. The Bertz CT molecular complexity index is 549. The van der Waals surface area contributed by atoms with E-state index in [1.54, 1.807) is 0 Å². The predicted octanol–water partition coefficient (Wildman–Crippen LogP) is 4.41. The summed E-state index contributed by atoms with van der Waals surface area (Å²) in [5, 5.41) is 4.36. The molecule has 0 bridgehead atoms. The van der Waals surface area contributed by atoms with Crippen molar-refractivity contribution >= 4 is 17.3 Å². The molecule has 0 spiro atoms. The van der Waals surface area contributed by atoms with Crippen LogP contribution in [0.4, 0.5) is 5.69 Å². The lowest BCUT2D eigenvalue weighted by Crippen LogP contribution is -2.25. The lowest BCUT2D eigenvalue weighted by Gasteiger charge is -2.23. The molecule has 20 heavy (non-hydrogen) atoms. The summed E-state index contributed by atoms with van der Waals surface area (Å²) in [6.45, 7) is 5.18. The highest BCUT2D eigenvalue weighted by Crippen LogP contribution is 2.24. The number of hydrogen-bond acceptors (Lipinski definition) is 2. The van der Waals surface area contributed by atoms with Gasteiger partial charge in [0.15, 0.2) is 0 Å². The van der Waals surface area contributed by atoms with Crippen LogP contribution < -0.4 is 11.1 Å². The first-order chi connectivity index (χ1) is 9.58. The zero-order chi connectivity index (χ0) is 14.5. The molecule has 0 radical (unpaired) electrons. The average Bonchev–Trinajstić information content (AvgIpc) is 2.42. The number of benzene rings is 2. The van der Waals surface area contributed by atoms with Gasteiger partial charge in [0.1, 0.15) is 0 Å². The molecule has 2 aromatic rings. The third kappa shape index (κ3) is 3.75. The Hall–Kier alpha value is -1.51. The molecule has 3 heteroatoms. The average molecular weight is 289 g/mol. The Morgan fingerprint density at radius 2 is 1.70 bits per heavy atom. The minimum Gasteiger partial charge on any atom is -0.398 e. The van der Waals surface area contributed by atoms with Gasteiger partial charge in [-0.1, -0.05) is 55.8 Å². The van der Waals surface area contributed by atoms with Crippen LogP contribution in [-0.2, 0) is 6.54 Å². The maximum absolute atomic E-state index is 5.98. The van der Waals surface area contributed by atoms with E-state index < -0.39 is 0 Å². The number of hydrogen-bond donors (Lipinski definition) is 2. The number of nitrogen functional groups attached to an aromatic ring is 1. The van der Waals surface area contributed by atoms with Crippen molar-refractivity contribution in [2.24, 2.45) is 5.92 Å². The molecule has 1 unspecified atom stereocenters. The van der Waals surface area contributed by atoms with Crippen molar-refractivity contribution in [1.29, 1.82) is 0 Å². The van der Waals surface area contributed by atoms with Gasteiger partial charge in [0.05, 0.1) is 0 Å². The van der Waals surface area contributed by atoms with E-state index >= 15 is 0 Å². The third-order valence-corrected chi connectivity index (χ3v) is 3.72. The minimum absolute atomic E-state index is 0.284. The number of rotatable bonds is 5. The topological polar surface area (TPSA) is 38.0 Å².